The van der Waals surface area contributed by atoms with Crippen molar-refractivity contribution in [2.75, 3.05) is 12.4 Å². The molecule has 2 unspecified atom stereocenters. The van der Waals surface area contributed by atoms with E-state index in [1.807, 2.05) is 12.1 Å². The van der Waals surface area contributed by atoms with Crippen molar-refractivity contribution in [2.24, 2.45) is 0 Å². The van der Waals surface area contributed by atoms with Crippen molar-refractivity contribution in [1.29, 1.82) is 5.26 Å². The van der Waals surface area contributed by atoms with E-state index in [4.69, 9.17) is 11.6 Å². The van der Waals surface area contributed by atoms with E-state index >= 15 is 0 Å². The van der Waals surface area contributed by atoms with Gasteiger partial charge >= 0.3 is 0 Å². The van der Waals surface area contributed by atoms with Crippen LogP contribution in [0.2, 0.25) is 5.02 Å². The number of hydrogen-bond donors (Lipinski definition) is 1. The van der Waals surface area contributed by atoms with E-state index in [-0.39, 0.29) is 0 Å². The lowest BCUT2D eigenvalue weighted by atomic mass is 9.82. The van der Waals surface area contributed by atoms with Crippen molar-refractivity contribution >= 4 is 17.3 Å². The molecule has 2 heterocycles. The minimum absolute atomic E-state index is 0.467. The minimum Gasteiger partial charge on any atom is -0.381 e. The fourth-order valence-electron chi connectivity index (χ4n) is 3.69. The van der Waals surface area contributed by atoms with Gasteiger partial charge in [0.2, 0.25) is 0 Å². The highest BCUT2D eigenvalue weighted by molar-refractivity contribution is 6.30. The smallest absolute Gasteiger partial charge is 0.101 e. The van der Waals surface area contributed by atoms with Crippen LogP contribution in [-0.4, -0.2) is 30.1 Å². The fourth-order valence-corrected chi connectivity index (χ4v) is 3.86. The maximum Gasteiger partial charge on any atom is 0.101 e. The summed E-state index contributed by atoms with van der Waals surface area (Å²) in [5.41, 5.74) is 1.56. The number of nitrogens with zero attached hydrogens (tertiary/aromatic N) is 2. The molecule has 20 heavy (non-hydrogen) atoms. The summed E-state index contributed by atoms with van der Waals surface area (Å²) >= 11 is 5.95. The quantitative estimate of drug-likeness (QED) is 0.903. The lowest BCUT2D eigenvalue weighted by Gasteiger charge is -2.47. The zero-order chi connectivity index (χ0) is 14.1. The molecule has 2 aliphatic rings. The first-order valence-electron chi connectivity index (χ1n) is 7.35. The number of halogens is 1. The maximum absolute atomic E-state index is 9.22. The third-order valence-electron chi connectivity index (χ3n) is 4.80. The largest absolute Gasteiger partial charge is 0.381 e. The molecule has 1 aromatic rings. The summed E-state index contributed by atoms with van der Waals surface area (Å²) in [5, 5.41) is 13.4. The predicted octanol–water partition coefficient (Wildman–Crippen LogP) is 3.64. The van der Waals surface area contributed by atoms with Gasteiger partial charge in [0.1, 0.15) is 6.07 Å². The average molecular weight is 290 g/mol. The lowest BCUT2D eigenvalue weighted by Crippen LogP contribution is -2.52. The minimum atomic E-state index is 0.467. The molecule has 2 fully saturated rings. The van der Waals surface area contributed by atoms with Crippen LogP contribution in [0.1, 0.15) is 37.7 Å². The molecule has 4 heteroatoms. The van der Waals surface area contributed by atoms with E-state index in [0.29, 0.717) is 28.7 Å². The highest BCUT2D eigenvalue weighted by Crippen LogP contribution is 2.34. The molecule has 2 saturated heterocycles. The van der Waals surface area contributed by atoms with Gasteiger partial charge in [-0.3, -0.25) is 0 Å². The van der Waals surface area contributed by atoms with Gasteiger partial charge < -0.3 is 10.2 Å². The molecule has 1 aromatic carbocycles. The van der Waals surface area contributed by atoms with Crippen LogP contribution in [-0.2, 0) is 0 Å². The van der Waals surface area contributed by atoms with Gasteiger partial charge in [-0.25, -0.2) is 0 Å². The second kappa shape index (κ2) is 5.63. The summed E-state index contributed by atoms with van der Waals surface area (Å²) in [5.74, 6) is 0. The lowest BCUT2D eigenvalue weighted by molar-refractivity contribution is 0.0608. The number of hydrogen-bond acceptors (Lipinski definition) is 3. The van der Waals surface area contributed by atoms with Gasteiger partial charge in [-0.1, -0.05) is 18.0 Å². The van der Waals surface area contributed by atoms with E-state index in [9.17, 15) is 5.26 Å². The summed E-state index contributed by atoms with van der Waals surface area (Å²) in [6.07, 6.45) is 6.30. The Morgan fingerprint density at radius 3 is 2.65 bits per heavy atom. The molecular weight excluding hydrogens is 270 g/mol. The Bertz CT molecular complexity index is 523. The second-order valence-electron chi connectivity index (χ2n) is 6.02. The molecule has 3 rings (SSSR count). The van der Waals surface area contributed by atoms with E-state index in [1.165, 1.54) is 32.1 Å². The van der Waals surface area contributed by atoms with Gasteiger partial charge in [0, 0.05) is 23.1 Å². The molecule has 0 radical (unpaired) electrons. The summed E-state index contributed by atoms with van der Waals surface area (Å²) in [7, 11) is 2.26. The average Bonchev–Trinajstić information content (AvgIpc) is 2.42. The number of nitriles is 1. The standard InChI is InChI=1S/C16H20ClN3/c1-20-14-3-2-4-15(20)9-13(8-14)19-16-6-5-12(17)7-11(16)10-18/h5-7,13-15,19H,2-4,8-9H2,1H3. The van der Waals surface area contributed by atoms with Crippen LogP contribution in [0.25, 0.3) is 0 Å². The molecule has 0 saturated carbocycles. The third kappa shape index (κ3) is 2.63. The first-order chi connectivity index (χ1) is 9.67. The molecule has 2 aliphatic heterocycles. The Kier molecular flexibility index (Phi) is 3.87. The Balaban J connectivity index is 1.74. The summed E-state index contributed by atoms with van der Waals surface area (Å²) < 4.78 is 0. The Hall–Kier alpha value is -1.24. The molecule has 2 bridgehead atoms. The van der Waals surface area contributed by atoms with Crippen LogP contribution in [0.4, 0.5) is 5.69 Å². The molecule has 1 N–H and O–H groups in total. The van der Waals surface area contributed by atoms with Crippen molar-refractivity contribution in [3.8, 4) is 6.07 Å². The van der Waals surface area contributed by atoms with Crippen LogP contribution in [0.3, 0.4) is 0 Å². The van der Waals surface area contributed by atoms with Crippen LogP contribution < -0.4 is 5.32 Å². The predicted molar refractivity (Wildman–Crippen MR) is 82.0 cm³/mol. The normalized spacial score (nSPS) is 29.8. The Labute approximate surface area is 125 Å². The van der Waals surface area contributed by atoms with Crippen molar-refractivity contribution in [3.05, 3.63) is 28.8 Å². The summed E-state index contributed by atoms with van der Waals surface area (Å²) in [4.78, 5) is 2.55. The van der Waals surface area contributed by atoms with Gasteiger partial charge in [-0.05, 0) is 50.9 Å². The molecule has 0 aromatic heterocycles. The molecule has 106 valence electrons. The molecular formula is C16H20ClN3. The van der Waals surface area contributed by atoms with E-state index < -0.39 is 0 Å². The monoisotopic (exact) mass is 289 g/mol. The number of fused-ring (bicyclic) bond motifs is 2. The number of rotatable bonds is 2. The number of benzene rings is 1. The first kappa shape index (κ1) is 13.7. The van der Waals surface area contributed by atoms with Crippen LogP contribution in [0.15, 0.2) is 18.2 Å². The second-order valence-corrected chi connectivity index (χ2v) is 6.45. The van der Waals surface area contributed by atoms with Gasteiger partial charge in [-0.15, -0.1) is 0 Å². The molecule has 0 spiro atoms. The van der Waals surface area contributed by atoms with Crippen molar-refractivity contribution in [3.63, 3.8) is 0 Å². The van der Waals surface area contributed by atoms with Gasteiger partial charge in [0.15, 0.2) is 0 Å². The zero-order valence-electron chi connectivity index (χ0n) is 11.8. The Morgan fingerprint density at radius 1 is 1.30 bits per heavy atom. The van der Waals surface area contributed by atoms with E-state index in [0.717, 1.165) is 5.69 Å². The summed E-state index contributed by atoms with van der Waals surface area (Å²) in [6.45, 7) is 0. The third-order valence-corrected chi connectivity index (χ3v) is 5.04. The Morgan fingerprint density at radius 2 is 2.00 bits per heavy atom. The molecule has 2 atom stereocenters. The first-order valence-corrected chi connectivity index (χ1v) is 7.73. The molecule has 3 nitrogen and oxygen atoms in total. The van der Waals surface area contributed by atoms with Crippen LogP contribution in [0.5, 0.6) is 0 Å². The van der Waals surface area contributed by atoms with Crippen molar-refractivity contribution < 1.29 is 0 Å². The topological polar surface area (TPSA) is 39.1 Å². The molecule has 0 amide bonds. The molecule has 0 aliphatic carbocycles. The van der Waals surface area contributed by atoms with Crippen molar-refractivity contribution in [1.82, 2.24) is 4.90 Å². The van der Waals surface area contributed by atoms with Gasteiger partial charge in [-0.2, -0.15) is 5.26 Å². The SMILES string of the molecule is CN1C2CCCC1CC(Nc1ccc(Cl)cc1C#N)C2. The van der Waals surface area contributed by atoms with Crippen LogP contribution in [0, 0.1) is 11.3 Å². The van der Waals surface area contributed by atoms with Crippen LogP contribution >= 0.6 is 11.6 Å². The van der Waals surface area contributed by atoms with E-state index in [1.54, 1.807) is 6.07 Å². The van der Waals surface area contributed by atoms with E-state index in [2.05, 4.69) is 23.3 Å². The zero-order valence-corrected chi connectivity index (χ0v) is 12.5. The number of anilines is 1. The fraction of sp³-hybridized carbons (Fsp3) is 0.562. The van der Waals surface area contributed by atoms with Gasteiger partial charge in [0.05, 0.1) is 11.3 Å². The highest BCUT2D eigenvalue weighted by atomic mass is 35.5. The van der Waals surface area contributed by atoms with Gasteiger partial charge in [0.25, 0.3) is 0 Å². The van der Waals surface area contributed by atoms with Crippen molar-refractivity contribution in [2.45, 2.75) is 50.2 Å². The number of piperidine rings is 2. The number of nitrogens with one attached hydrogen (secondary N) is 1. The maximum atomic E-state index is 9.22. The highest BCUT2D eigenvalue weighted by Gasteiger charge is 2.35. The summed E-state index contributed by atoms with van der Waals surface area (Å²) in [6, 6.07) is 9.59.